The largest absolute Gasteiger partial charge is 0.270 e. The van der Waals surface area contributed by atoms with E-state index in [-0.39, 0.29) is 0 Å². The first kappa shape index (κ1) is 18.8. The molecule has 0 aliphatic carbocycles. The average molecular weight is 406 g/mol. The number of hydrogen-bond acceptors (Lipinski definition) is 3. The lowest BCUT2D eigenvalue weighted by Crippen LogP contribution is -2.00. The van der Waals surface area contributed by atoms with Gasteiger partial charge in [0.2, 0.25) is 0 Å². The van der Waals surface area contributed by atoms with Crippen molar-refractivity contribution in [1.29, 1.82) is 0 Å². The van der Waals surface area contributed by atoms with Gasteiger partial charge >= 0.3 is 0 Å². The number of aromatic nitrogens is 3. The van der Waals surface area contributed by atoms with E-state index in [4.69, 9.17) is 11.6 Å². The van der Waals surface area contributed by atoms with E-state index >= 15 is 0 Å². The zero-order valence-electron chi connectivity index (χ0n) is 15.8. The lowest BCUT2D eigenvalue weighted by Gasteiger charge is -2.11. The van der Waals surface area contributed by atoms with E-state index in [9.17, 15) is 0 Å². The van der Waals surface area contributed by atoms with Crippen LogP contribution in [0.4, 0.5) is 0 Å². The minimum Gasteiger partial charge on any atom is -0.270 e. The molecule has 0 saturated carbocycles. The number of halogens is 1. The highest BCUT2D eigenvalue weighted by atomic mass is 35.5. The molecule has 0 unspecified atom stereocenters. The van der Waals surface area contributed by atoms with E-state index in [0.717, 1.165) is 28.0 Å². The van der Waals surface area contributed by atoms with Crippen LogP contribution in [-0.4, -0.2) is 14.8 Å². The van der Waals surface area contributed by atoms with Crippen LogP contribution in [0.1, 0.15) is 16.7 Å². The van der Waals surface area contributed by atoms with Gasteiger partial charge in [-0.1, -0.05) is 77.5 Å². The minimum absolute atomic E-state index is 0.711. The fraction of sp³-hybridized carbons (Fsp3) is 0.130. The van der Waals surface area contributed by atoms with Crippen LogP contribution in [0.15, 0.2) is 78.0 Å². The van der Waals surface area contributed by atoms with Crippen molar-refractivity contribution in [3.05, 3.63) is 94.5 Å². The molecule has 0 amide bonds. The molecule has 0 atom stereocenters. The van der Waals surface area contributed by atoms with Gasteiger partial charge < -0.3 is 0 Å². The zero-order valence-corrected chi connectivity index (χ0v) is 17.3. The molecule has 0 N–H and O–H groups in total. The molecule has 140 valence electrons. The molecule has 1 heterocycles. The quantitative estimate of drug-likeness (QED) is 0.355. The summed E-state index contributed by atoms with van der Waals surface area (Å²) < 4.78 is 2.10. The van der Waals surface area contributed by atoms with Crippen LogP contribution >= 0.6 is 23.4 Å². The standard InChI is InChI=1S/C23H20ClN3S/c1-16-8-9-17(2)19(14-16)15-28-23-26-25-22(18-6-4-3-5-7-18)27(23)21-12-10-20(24)11-13-21/h3-14H,15H2,1-2H3. The topological polar surface area (TPSA) is 30.7 Å². The van der Waals surface area contributed by atoms with E-state index < -0.39 is 0 Å². The first-order chi connectivity index (χ1) is 13.6. The Morgan fingerprint density at radius 3 is 2.39 bits per heavy atom. The maximum atomic E-state index is 6.10. The first-order valence-corrected chi connectivity index (χ1v) is 10.4. The second-order valence-corrected chi connectivity index (χ2v) is 8.08. The maximum absolute atomic E-state index is 6.10. The summed E-state index contributed by atoms with van der Waals surface area (Å²) in [5.41, 5.74) is 5.90. The Balaban J connectivity index is 1.74. The molecular weight excluding hydrogens is 386 g/mol. The Bertz CT molecular complexity index is 1090. The Labute approximate surface area is 174 Å². The molecule has 0 aliphatic heterocycles. The van der Waals surface area contributed by atoms with Gasteiger partial charge in [0.15, 0.2) is 11.0 Å². The van der Waals surface area contributed by atoms with E-state index in [1.807, 2.05) is 42.5 Å². The summed E-state index contributed by atoms with van der Waals surface area (Å²) >= 11 is 7.79. The molecule has 0 spiro atoms. The Kier molecular flexibility index (Phi) is 5.51. The number of nitrogens with zero attached hydrogens (tertiary/aromatic N) is 3. The monoisotopic (exact) mass is 405 g/mol. The van der Waals surface area contributed by atoms with E-state index in [0.29, 0.717) is 5.02 Å². The van der Waals surface area contributed by atoms with Gasteiger partial charge in [-0.05, 0) is 49.2 Å². The van der Waals surface area contributed by atoms with Crippen molar-refractivity contribution in [3.8, 4) is 17.1 Å². The van der Waals surface area contributed by atoms with Crippen molar-refractivity contribution >= 4 is 23.4 Å². The van der Waals surface area contributed by atoms with Crippen LogP contribution in [0.3, 0.4) is 0 Å². The summed E-state index contributed by atoms with van der Waals surface area (Å²) in [6.45, 7) is 4.27. The summed E-state index contributed by atoms with van der Waals surface area (Å²) in [6, 6.07) is 24.5. The number of hydrogen-bond donors (Lipinski definition) is 0. The minimum atomic E-state index is 0.711. The lowest BCUT2D eigenvalue weighted by molar-refractivity contribution is 0.886. The van der Waals surface area contributed by atoms with Crippen molar-refractivity contribution in [2.75, 3.05) is 0 Å². The molecule has 1 aromatic heterocycles. The van der Waals surface area contributed by atoms with Crippen molar-refractivity contribution in [3.63, 3.8) is 0 Å². The predicted octanol–water partition coefficient (Wildman–Crippen LogP) is 6.50. The van der Waals surface area contributed by atoms with E-state index in [2.05, 4.69) is 58.9 Å². The highest BCUT2D eigenvalue weighted by molar-refractivity contribution is 7.98. The molecule has 3 nitrogen and oxygen atoms in total. The molecule has 4 aromatic rings. The normalized spacial score (nSPS) is 11.0. The third kappa shape index (κ3) is 3.98. The van der Waals surface area contributed by atoms with Crippen molar-refractivity contribution in [2.45, 2.75) is 24.8 Å². The van der Waals surface area contributed by atoms with Gasteiger partial charge in [-0.2, -0.15) is 0 Å². The lowest BCUT2D eigenvalue weighted by atomic mass is 10.1. The summed E-state index contributed by atoms with van der Waals surface area (Å²) in [5.74, 6) is 1.67. The smallest absolute Gasteiger partial charge is 0.196 e. The Hall–Kier alpha value is -2.56. The van der Waals surface area contributed by atoms with Crippen LogP contribution < -0.4 is 0 Å². The van der Waals surface area contributed by atoms with Crippen LogP contribution in [-0.2, 0) is 5.75 Å². The van der Waals surface area contributed by atoms with Gasteiger partial charge in [0.05, 0.1) is 0 Å². The summed E-state index contributed by atoms with van der Waals surface area (Å²) in [7, 11) is 0. The van der Waals surface area contributed by atoms with Gasteiger partial charge in [-0.25, -0.2) is 0 Å². The molecule has 0 bridgehead atoms. The molecule has 5 heteroatoms. The molecule has 3 aromatic carbocycles. The maximum Gasteiger partial charge on any atom is 0.196 e. The Morgan fingerprint density at radius 2 is 1.64 bits per heavy atom. The molecule has 4 rings (SSSR count). The third-order valence-corrected chi connectivity index (χ3v) is 5.84. The van der Waals surface area contributed by atoms with Crippen LogP contribution in [0.25, 0.3) is 17.1 Å². The zero-order chi connectivity index (χ0) is 19.5. The van der Waals surface area contributed by atoms with E-state index in [1.165, 1.54) is 16.7 Å². The molecular formula is C23H20ClN3S. The Morgan fingerprint density at radius 1 is 0.893 bits per heavy atom. The fourth-order valence-electron chi connectivity index (χ4n) is 3.06. The SMILES string of the molecule is Cc1ccc(C)c(CSc2nnc(-c3ccccc3)n2-c2ccc(Cl)cc2)c1. The highest BCUT2D eigenvalue weighted by Gasteiger charge is 2.16. The molecule has 0 saturated heterocycles. The summed E-state index contributed by atoms with van der Waals surface area (Å²) in [6.07, 6.45) is 0. The van der Waals surface area contributed by atoms with Crippen LogP contribution in [0.5, 0.6) is 0 Å². The number of thioether (sulfide) groups is 1. The van der Waals surface area contributed by atoms with Crippen LogP contribution in [0.2, 0.25) is 5.02 Å². The van der Waals surface area contributed by atoms with Gasteiger partial charge in [-0.15, -0.1) is 10.2 Å². The number of aryl methyl sites for hydroxylation is 2. The van der Waals surface area contributed by atoms with Gasteiger partial charge in [-0.3, -0.25) is 4.57 Å². The number of rotatable bonds is 5. The molecule has 0 fully saturated rings. The van der Waals surface area contributed by atoms with Crippen molar-refractivity contribution in [1.82, 2.24) is 14.8 Å². The predicted molar refractivity (Wildman–Crippen MR) is 117 cm³/mol. The van der Waals surface area contributed by atoms with Gasteiger partial charge in [0.1, 0.15) is 0 Å². The van der Waals surface area contributed by atoms with Crippen LogP contribution in [0, 0.1) is 13.8 Å². The summed E-state index contributed by atoms with van der Waals surface area (Å²) in [4.78, 5) is 0. The second-order valence-electron chi connectivity index (χ2n) is 6.70. The molecule has 28 heavy (non-hydrogen) atoms. The first-order valence-electron chi connectivity index (χ1n) is 9.07. The van der Waals surface area contributed by atoms with E-state index in [1.54, 1.807) is 11.8 Å². The third-order valence-electron chi connectivity index (χ3n) is 4.61. The van der Waals surface area contributed by atoms with Gasteiger partial charge in [0, 0.05) is 22.0 Å². The molecule has 0 aliphatic rings. The highest BCUT2D eigenvalue weighted by Crippen LogP contribution is 2.31. The second kappa shape index (κ2) is 8.21. The molecule has 0 radical (unpaired) electrons. The van der Waals surface area contributed by atoms with Crippen molar-refractivity contribution < 1.29 is 0 Å². The fourth-order valence-corrected chi connectivity index (χ4v) is 4.20. The number of benzene rings is 3. The van der Waals surface area contributed by atoms with Crippen molar-refractivity contribution in [2.24, 2.45) is 0 Å². The summed E-state index contributed by atoms with van der Waals surface area (Å²) in [5, 5.41) is 10.6. The average Bonchev–Trinajstić information content (AvgIpc) is 3.14. The van der Waals surface area contributed by atoms with Gasteiger partial charge in [0.25, 0.3) is 0 Å².